The molecular formula is C29H34FN3O3. The first-order chi connectivity index (χ1) is 17.4. The van der Waals surface area contributed by atoms with E-state index in [2.05, 4.69) is 22.5 Å². The van der Waals surface area contributed by atoms with Gasteiger partial charge < -0.3 is 15.0 Å². The highest BCUT2D eigenvalue weighted by Gasteiger charge is 2.51. The summed E-state index contributed by atoms with van der Waals surface area (Å²) in [7, 11) is 1.93. The molecule has 1 N–H and O–H groups in total. The number of ether oxygens (including phenoxy) is 1. The monoisotopic (exact) mass is 491 g/mol. The van der Waals surface area contributed by atoms with Crippen molar-refractivity contribution in [2.45, 2.75) is 51.1 Å². The molecule has 190 valence electrons. The largest absolute Gasteiger partial charge is 0.450 e. The molecule has 2 amide bonds. The van der Waals surface area contributed by atoms with E-state index in [0.29, 0.717) is 30.8 Å². The number of benzene rings is 1. The Labute approximate surface area is 211 Å². The molecule has 0 bridgehead atoms. The summed E-state index contributed by atoms with van der Waals surface area (Å²) in [6.07, 6.45) is 10.2. The van der Waals surface area contributed by atoms with Gasteiger partial charge in [-0.3, -0.25) is 9.78 Å². The van der Waals surface area contributed by atoms with Crippen LogP contribution in [0.25, 0.3) is 17.2 Å². The number of hydrogen-bond acceptors (Lipinski definition) is 4. The van der Waals surface area contributed by atoms with Crippen LogP contribution in [0.3, 0.4) is 0 Å². The average Bonchev–Trinajstić information content (AvgIpc) is 3.15. The maximum absolute atomic E-state index is 13.6. The molecule has 1 aromatic heterocycles. The van der Waals surface area contributed by atoms with Gasteiger partial charge in [0.15, 0.2) is 0 Å². The lowest BCUT2D eigenvalue weighted by molar-refractivity contribution is -0.127. The molecule has 6 nitrogen and oxygen atoms in total. The van der Waals surface area contributed by atoms with Gasteiger partial charge in [0.2, 0.25) is 5.91 Å². The van der Waals surface area contributed by atoms with E-state index in [1.165, 1.54) is 12.1 Å². The molecule has 1 saturated heterocycles. The number of nitrogens with zero attached hydrogens (tertiary/aromatic N) is 2. The van der Waals surface area contributed by atoms with Crippen LogP contribution in [0.1, 0.15) is 44.7 Å². The number of hydrogen-bond donors (Lipinski definition) is 1. The molecule has 0 unspecified atom stereocenters. The fraction of sp³-hybridized carbons (Fsp3) is 0.483. The highest BCUT2D eigenvalue weighted by Crippen LogP contribution is 2.51. The molecule has 1 aliphatic heterocycles. The third kappa shape index (κ3) is 5.01. The summed E-state index contributed by atoms with van der Waals surface area (Å²) in [6.45, 7) is 2.18. The predicted octanol–water partition coefficient (Wildman–Crippen LogP) is 5.30. The Bertz CT molecular complexity index is 1130. The molecule has 2 heterocycles. The van der Waals surface area contributed by atoms with Gasteiger partial charge in [-0.25, -0.2) is 9.18 Å². The number of likely N-dealkylation sites (tertiary alicyclic amines) is 1. The van der Waals surface area contributed by atoms with Gasteiger partial charge in [0.05, 0.1) is 12.3 Å². The minimum absolute atomic E-state index is 0.117. The molecule has 2 saturated carbocycles. The number of halogens is 1. The minimum atomic E-state index is -0.341. The summed E-state index contributed by atoms with van der Waals surface area (Å²) in [5.41, 5.74) is 2.53. The van der Waals surface area contributed by atoms with E-state index in [4.69, 9.17) is 4.74 Å². The number of allylic oxidation sites excluding steroid dienone is 1. The third-order valence-corrected chi connectivity index (χ3v) is 8.40. The van der Waals surface area contributed by atoms with Crippen molar-refractivity contribution in [2.24, 2.45) is 23.7 Å². The van der Waals surface area contributed by atoms with Crippen molar-refractivity contribution in [3.8, 4) is 11.1 Å². The van der Waals surface area contributed by atoms with Gasteiger partial charge in [-0.15, -0.1) is 0 Å². The molecule has 3 aliphatic rings. The van der Waals surface area contributed by atoms with Crippen LogP contribution in [0.2, 0.25) is 0 Å². The summed E-state index contributed by atoms with van der Waals surface area (Å²) in [6, 6.07) is 10.8. The van der Waals surface area contributed by atoms with E-state index in [1.807, 2.05) is 37.1 Å². The van der Waals surface area contributed by atoms with Gasteiger partial charge >= 0.3 is 6.09 Å². The number of alkyl carbamates (subject to hydrolysis) is 1. The Morgan fingerprint density at radius 2 is 2.06 bits per heavy atom. The number of carbonyl (C=O) groups excluding carboxylic acids is 2. The predicted molar refractivity (Wildman–Crippen MR) is 136 cm³/mol. The lowest BCUT2D eigenvalue weighted by atomic mass is 9.59. The summed E-state index contributed by atoms with van der Waals surface area (Å²) in [5.74, 6) is 1.48. The number of carbonyl (C=O) groups is 2. The maximum atomic E-state index is 13.6. The SMILES string of the molecule is CCOC(=O)N[C@@H]1CC[C@@H]2[C@@H](C1)C[C@@H]1[C@@H](CC(=O)N1C)[C@H]2/C=C/c1ccc(-c2cccc(F)c2)cn1. The number of pyridine rings is 1. The van der Waals surface area contributed by atoms with Gasteiger partial charge in [-0.05, 0) is 86.1 Å². The second kappa shape index (κ2) is 10.4. The highest BCUT2D eigenvalue weighted by molar-refractivity contribution is 5.79. The Kier molecular flexibility index (Phi) is 7.08. The highest BCUT2D eigenvalue weighted by atomic mass is 19.1. The first-order valence-electron chi connectivity index (χ1n) is 13.0. The van der Waals surface area contributed by atoms with Crippen LogP contribution in [-0.2, 0) is 9.53 Å². The molecular weight excluding hydrogens is 457 g/mol. The fourth-order valence-corrected chi connectivity index (χ4v) is 6.68. The zero-order chi connectivity index (χ0) is 25.2. The van der Waals surface area contributed by atoms with Gasteiger partial charge in [0.25, 0.3) is 0 Å². The first-order valence-corrected chi connectivity index (χ1v) is 13.0. The maximum Gasteiger partial charge on any atom is 0.407 e. The van der Waals surface area contributed by atoms with Crippen molar-refractivity contribution < 1.29 is 18.7 Å². The number of fused-ring (bicyclic) bond motifs is 2. The smallest absolute Gasteiger partial charge is 0.407 e. The standard InChI is InChI=1S/C29H34FN3O3/c1-3-36-29(35)32-23-10-11-24-20(14-23)15-27-26(16-28(34)33(27)2)25(24)12-9-22-8-7-19(17-31-22)18-5-4-6-21(30)13-18/h4-9,12-13,17,20,23-27H,3,10-11,14-16H2,1-2H3,(H,32,35)/b12-9+/t20-,23+,24+,25-,26-,27+/m0/s1. The van der Waals surface area contributed by atoms with Crippen molar-refractivity contribution in [3.63, 3.8) is 0 Å². The van der Waals surface area contributed by atoms with Crippen LogP contribution in [0.4, 0.5) is 9.18 Å². The zero-order valence-electron chi connectivity index (χ0n) is 20.9. The van der Waals surface area contributed by atoms with E-state index in [-0.39, 0.29) is 35.8 Å². The molecule has 0 spiro atoms. The van der Waals surface area contributed by atoms with Crippen LogP contribution < -0.4 is 5.32 Å². The number of rotatable bonds is 5. The average molecular weight is 492 g/mol. The molecule has 3 fully saturated rings. The number of amides is 2. The molecule has 2 aliphatic carbocycles. The summed E-state index contributed by atoms with van der Waals surface area (Å²) < 4.78 is 18.7. The van der Waals surface area contributed by atoms with Gasteiger partial charge in [0.1, 0.15) is 5.82 Å². The third-order valence-electron chi connectivity index (χ3n) is 8.40. The molecule has 0 radical (unpaired) electrons. The van der Waals surface area contributed by atoms with Crippen LogP contribution in [0, 0.1) is 29.5 Å². The van der Waals surface area contributed by atoms with Crippen molar-refractivity contribution in [1.29, 1.82) is 0 Å². The Morgan fingerprint density at radius 3 is 2.81 bits per heavy atom. The quantitative estimate of drug-likeness (QED) is 0.616. The van der Waals surface area contributed by atoms with Crippen molar-refractivity contribution >= 4 is 18.1 Å². The Balaban J connectivity index is 1.33. The van der Waals surface area contributed by atoms with Crippen LogP contribution in [-0.4, -0.2) is 47.6 Å². The first kappa shape index (κ1) is 24.5. The molecule has 2 aromatic rings. The second-order valence-corrected chi connectivity index (χ2v) is 10.4. The number of aromatic nitrogens is 1. The minimum Gasteiger partial charge on any atom is -0.450 e. The van der Waals surface area contributed by atoms with Crippen LogP contribution >= 0.6 is 0 Å². The fourth-order valence-electron chi connectivity index (χ4n) is 6.68. The molecule has 7 heteroatoms. The second-order valence-electron chi connectivity index (χ2n) is 10.4. The Morgan fingerprint density at radius 1 is 1.19 bits per heavy atom. The van der Waals surface area contributed by atoms with E-state index in [1.54, 1.807) is 12.3 Å². The van der Waals surface area contributed by atoms with Crippen molar-refractivity contribution in [2.75, 3.05) is 13.7 Å². The van der Waals surface area contributed by atoms with Crippen molar-refractivity contribution in [1.82, 2.24) is 15.2 Å². The van der Waals surface area contributed by atoms with Gasteiger partial charge in [0, 0.05) is 37.3 Å². The van der Waals surface area contributed by atoms with Crippen LogP contribution in [0.5, 0.6) is 0 Å². The van der Waals surface area contributed by atoms with Gasteiger partial charge in [-0.2, -0.15) is 0 Å². The summed E-state index contributed by atoms with van der Waals surface area (Å²) >= 11 is 0. The molecule has 5 rings (SSSR count). The lowest BCUT2D eigenvalue weighted by Crippen LogP contribution is -2.50. The number of nitrogens with one attached hydrogen (secondary N) is 1. The normalized spacial score (nSPS) is 29.6. The molecule has 1 aromatic carbocycles. The lowest BCUT2D eigenvalue weighted by Gasteiger charge is -2.49. The van der Waals surface area contributed by atoms with E-state index < -0.39 is 0 Å². The topological polar surface area (TPSA) is 71.5 Å². The molecule has 36 heavy (non-hydrogen) atoms. The zero-order valence-corrected chi connectivity index (χ0v) is 20.9. The van der Waals surface area contributed by atoms with Gasteiger partial charge in [-0.1, -0.05) is 24.3 Å². The summed E-state index contributed by atoms with van der Waals surface area (Å²) in [5, 5.41) is 3.03. The van der Waals surface area contributed by atoms with E-state index >= 15 is 0 Å². The molecule has 6 atom stereocenters. The van der Waals surface area contributed by atoms with E-state index in [9.17, 15) is 14.0 Å². The van der Waals surface area contributed by atoms with Crippen LogP contribution in [0.15, 0.2) is 48.7 Å². The van der Waals surface area contributed by atoms with Crippen molar-refractivity contribution in [3.05, 3.63) is 60.2 Å². The Hall–Kier alpha value is -3.22. The van der Waals surface area contributed by atoms with E-state index in [0.717, 1.165) is 42.5 Å². The summed E-state index contributed by atoms with van der Waals surface area (Å²) in [4.78, 5) is 31.2.